The van der Waals surface area contributed by atoms with Crippen LogP contribution in [0.3, 0.4) is 0 Å². The summed E-state index contributed by atoms with van der Waals surface area (Å²) < 4.78 is 0. The highest BCUT2D eigenvalue weighted by atomic mass is 16.2. The molecular weight excluding hydrogens is 252 g/mol. The fraction of sp³-hybridized carbons (Fsp3) is 0.500. The predicted octanol–water partition coefficient (Wildman–Crippen LogP) is 1.87. The van der Waals surface area contributed by atoms with Crippen molar-refractivity contribution in [3.05, 3.63) is 34.9 Å². The lowest BCUT2D eigenvalue weighted by Crippen LogP contribution is -2.45. The molecule has 0 bridgehead atoms. The molecule has 106 valence electrons. The lowest BCUT2D eigenvalue weighted by molar-refractivity contribution is -0.125. The van der Waals surface area contributed by atoms with E-state index in [4.69, 9.17) is 0 Å². The van der Waals surface area contributed by atoms with E-state index in [2.05, 4.69) is 18.3 Å². The van der Waals surface area contributed by atoms with Crippen molar-refractivity contribution in [1.82, 2.24) is 10.2 Å². The fourth-order valence-corrected chi connectivity index (χ4v) is 3.22. The zero-order chi connectivity index (χ0) is 14.1. The summed E-state index contributed by atoms with van der Waals surface area (Å²) >= 11 is 0. The Kier molecular flexibility index (Phi) is 3.47. The molecule has 0 aromatic heterocycles. The Bertz CT molecular complexity index is 553. The average molecular weight is 272 g/mol. The molecule has 1 aromatic carbocycles. The highest BCUT2D eigenvalue weighted by molar-refractivity contribution is 6.01. The van der Waals surface area contributed by atoms with Gasteiger partial charge in [-0.25, -0.2) is 0 Å². The summed E-state index contributed by atoms with van der Waals surface area (Å²) in [6, 6.07) is 5.59. The Balaban J connectivity index is 1.91. The van der Waals surface area contributed by atoms with Crippen LogP contribution in [0.4, 0.5) is 0 Å². The predicted molar refractivity (Wildman–Crippen MR) is 76.3 cm³/mol. The third kappa shape index (κ3) is 2.09. The van der Waals surface area contributed by atoms with Gasteiger partial charge >= 0.3 is 0 Å². The monoisotopic (exact) mass is 272 g/mol. The summed E-state index contributed by atoms with van der Waals surface area (Å²) in [6.07, 6.45) is 3.68. The lowest BCUT2D eigenvalue weighted by atomic mass is 10.0. The molecule has 1 N–H and O–H groups in total. The van der Waals surface area contributed by atoms with Crippen LogP contribution < -0.4 is 5.32 Å². The van der Waals surface area contributed by atoms with Gasteiger partial charge in [0.25, 0.3) is 5.91 Å². The highest BCUT2D eigenvalue weighted by Crippen LogP contribution is 2.29. The third-order valence-corrected chi connectivity index (χ3v) is 4.36. The van der Waals surface area contributed by atoms with E-state index in [0.29, 0.717) is 6.54 Å². The van der Waals surface area contributed by atoms with E-state index in [-0.39, 0.29) is 17.9 Å². The van der Waals surface area contributed by atoms with Gasteiger partial charge in [0.15, 0.2) is 0 Å². The van der Waals surface area contributed by atoms with Crippen LogP contribution >= 0.6 is 0 Å². The van der Waals surface area contributed by atoms with Gasteiger partial charge in [0.2, 0.25) is 5.91 Å². The maximum absolute atomic E-state index is 12.6. The maximum atomic E-state index is 12.6. The van der Waals surface area contributed by atoms with Crippen molar-refractivity contribution in [2.45, 2.75) is 45.2 Å². The number of hydrogen-bond acceptors (Lipinski definition) is 2. The normalized spacial score (nSPS) is 22.4. The summed E-state index contributed by atoms with van der Waals surface area (Å²) in [6.45, 7) is 3.40. The topological polar surface area (TPSA) is 49.4 Å². The molecule has 1 aromatic rings. The van der Waals surface area contributed by atoms with E-state index in [0.717, 1.165) is 43.4 Å². The van der Waals surface area contributed by atoms with Gasteiger partial charge in [0, 0.05) is 18.7 Å². The number of hydrogen-bond donors (Lipinski definition) is 1. The molecule has 1 fully saturated rings. The van der Waals surface area contributed by atoms with E-state index >= 15 is 0 Å². The van der Waals surface area contributed by atoms with E-state index in [1.165, 1.54) is 5.56 Å². The van der Waals surface area contributed by atoms with E-state index in [1.54, 1.807) is 4.90 Å². The zero-order valence-corrected chi connectivity index (χ0v) is 11.8. The van der Waals surface area contributed by atoms with Crippen LogP contribution in [0.25, 0.3) is 0 Å². The first-order valence-electron chi connectivity index (χ1n) is 7.41. The molecular formula is C16H20N2O2. The van der Waals surface area contributed by atoms with Crippen molar-refractivity contribution in [2.75, 3.05) is 6.54 Å². The number of rotatable bonds is 2. The average Bonchev–Trinajstić information content (AvgIpc) is 2.65. The molecule has 3 rings (SSSR count). The first kappa shape index (κ1) is 13.2. The second kappa shape index (κ2) is 5.27. The molecule has 1 unspecified atom stereocenters. The lowest BCUT2D eigenvalue weighted by Gasteiger charge is -2.25. The van der Waals surface area contributed by atoms with E-state index in [9.17, 15) is 9.59 Å². The highest BCUT2D eigenvalue weighted by Gasteiger charge is 2.37. The molecule has 0 radical (unpaired) electrons. The number of nitrogens with one attached hydrogen (secondary N) is 1. The molecule has 0 aliphatic carbocycles. The van der Waals surface area contributed by atoms with Gasteiger partial charge in [-0.1, -0.05) is 19.1 Å². The molecule has 20 heavy (non-hydrogen) atoms. The Morgan fingerprint density at radius 1 is 1.30 bits per heavy atom. The largest absolute Gasteiger partial charge is 0.354 e. The smallest absolute Gasteiger partial charge is 0.255 e. The summed E-state index contributed by atoms with van der Waals surface area (Å²) in [7, 11) is 0. The molecule has 4 nitrogen and oxygen atoms in total. The van der Waals surface area contributed by atoms with Crippen molar-refractivity contribution in [2.24, 2.45) is 0 Å². The Morgan fingerprint density at radius 3 is 2.95 bits per heavy atom. The number of aryl methyl sites for hydroxylation is 1. The molecule has 1 atom stereocenters. The zero-order valence-electron chi connectivity index (χ0n) is 11.8. The number of nitrogens with zero attached hydrogens (tertiary/aromatic N) is 1. The molecule has 4 heteroatoms. The van der Waals surface area contributed by atoms with E-state index < -0.39 is 0 Å². The van der Waals surface area contributed by atoms with Crippen LogP contribution in [0, 0.1) is 0 Å². The van der Waals surface area contributed by atoms with Crippen LogP contribution in [0.1, 0.15) is 47.7 Å². The van der Waals surface area contributed by atoms with Crippen LogP contribution in [0.2, 0.25) is 0 Å². The minimum Gasteiger partial charge on any atom is -0.354 e. The molecule has 2 aliphatic rings. The molecule has 2 aliphatic heterocycles. The van der Waals surface area contributed by atoms with Gasteiger partial charge in [-0.15, -0.1) is 0 Å². The van der Waals surface area contributed by atoms with Crippen molar-refractivity contribution in [3.8, 4) is 0 Å². The molecule has 2 amide bonds. The summed E-state index contributed by atoms with van der Waals surface area (Å²) in [4.78, 5) is 26.5. The minimum absolute atomic E-state index is 0.00158. The van der Waals surface area contributed by atoms with Crippen LogP contribution in [0.5, 0.6) is 0 Å². The summed E-state index contributed by atoms with van der Waals surface area (Å²) in [5.74, 6) is 0.0130. The standard InChI is InChI=1S/C16H20N2O2/c1-2-11-6-5-7-12-13(11)10-18(16(12)20)14-8-3-4-9-17-15(14)19/h5-7,14H,2-4,8-10H2,1H3,(H,17,19). The summed E-state index contributed by atoms with van der Waals surface area (Å²) in [5.41, 5.74) is 3.10. The Hall–Kier alpha value is -1.84. The number of carbonyl (C=O) groups excluding carboxylic acids is 2. The number of carbonyl (C=O) groups is 2. The van der Waals surface area contributed by atoms with Crippen molar-refractivity contribution < 1.29 is 9.59 Å². The fourth-order valence-electron chi connectivity index (χ4n) is 3.22. The number of benzene rings is 1. The Labute approximate surface area is 119 Å². The number of fused-ring (bicyclic) bond motifs is 1. The SMILES string of the molecule is CCc1cccc2c1CN(C1CCCCNC1=O)C2=O. The maximum Gasteiger partial charge on any atom is 0.255 e. The molecule has 0 spiro atoms. The molecule has 0 saturated carbocycles. The second-order valence-corrected chi connectivity index (χ2v) is 5.53. The quantitative estimate of drug-likeness (QED) is 0.893. The van der Waals surface area contributed by atoms with Gasteiger partial charge in [0.05, 0.1) is 0 Å². The molecule has 2 heterocycles. The van der Waals surface area contributed by atoms with Crippen LogP contribution in [-0.2, 0) is 17.8 Å². The van der Waals surface area contributed by atoms with Gasteiger partial charge in [-0.3, -0.25) is 9.59 Å². The first-order valence-corrected chi connectivity index (χ1v) is 7.41. The van der Waals surface area contributed by atoms with Gasteiger partial charge in [-0.05, 0) is 42.9 Å². The van der Waals surface area contributed by atoms with Crippen molar-refractivity contribution in [3.63, 3.8) is 0 Å². The van der Waals surface area contributed by atoms with Crippen LogP contribution in [0.15, 0.2) is 18.2 Å². The first-order chi connectivity index (χ1) is 9.72. The van der Waals surface area contributed by atoms with Crippen molar-refractivity contribution in [1.29, 1.82) is 0 Å². The third-order valence-electron chi connectivity index (χ3n) is 4.36. The molecule has 1 saturated heterocycles. The van der Waals surface area contributed by atoms with Crippen LogP contribution in [-0.4, -0.2) is 29.3 Å². The number of amides is 2. The summed E-state index contributed by atoms with van der Waals surface area (Å²) in [5, 5.41) is 2.91. The Morgan fingerprint density at radius 2 is 2.15 bits per heavy atom. The van der Waals surface area contributed by atoms with Gasteiger partial charge < -0.3 is 10.2 Å². The van der Waals surface area contributed by atoms with Gasteiger partial charge in [-0.2, -0.15) is 0 Å². The minimum atomic E-state index is -0.304. The second-order valence-electron chi connectivity index (χ2n) is 5.53. The van der Waals surface area contributed by atoms with Gasteiger partial charge in [0.1, 0.15) is 6.04 Å². The van der Waals surface area contributed by atoms with E-state index in [1.807, 2.05) is 12.1 Å². The van der Waals surface area contributed by atoms with Crippen molar-refractivity contribution >= 4 is 11.8 Å².